The van der Waals surface area contributed by atoms with Crippen LogP contribution in [0.3, 0.4) is 0 Å². The highest BCUT2D eigenvalue weighted by Gasteiger charge is 2.17. The zero-order chi connectivity index (χ0) is 12.3. The maximum absolute atomic E-state index is 9.66. The van der Waals surface area contributed by atoms with Crippen molar-refractivity contribution >= 4 is 15.9 Å². The number of aliphatic hydroxyl groups is 1. The third-order valence-corrected chi connectivity index (χ3v) is 3.37. The van der Waals surface area contributed by atoms with Gasteiger partial charge >= 0.3 is 0 Å². The molecule has 1 fully saturated rings. The molecule has 17 heavy (non-hydrogen) atoms. The molecule has 0 bridgehead atoms. The van der Waals surface area contributed by atoms with Gasteiger partial charge in [0.05, 0.1) is 12.2 Å². The second-order valence-corrected chi connectivity index (χ2v) is 5.22. The Hall–Kier alpha value is -0.580. The highest BCUT2D eigenvalue weighted by atomic mass is 79.9. The molecule has 94 valence electrons. The van der Waals surface area contributed by atoms with E-state index in [9.17, 15) is 5.11 Å². The van der Waals surface area contributed by atoms with E-state index in [1.54, 1.807) is 6.92 Å². The topological polar surface area (TPSA) is 38.7 Å². The molecule has 4 heteroatoms. The lowest BCUT2D eigenvalue weighted by Gasteiger charge is -2.16. The SMILES string of the molecule is C[C@H](O)c1ccc(Br)cc1OCC1CCCO1. The molecule has 1 aromatic carbocycles. The van der Waals surface area contributed by atoms with Crippen LogP contribution in [0.4, 0.5) is 0 Å². The minimum Gasteiger partial charge on any atom is -0.490 e. The number of benzene rings is 1. The average molecular weight is 301 g/mol. The second-order valence-electron chi connectivity index (χ2n) is 4.30. The number of aliphatic hydroxyl groups excluding tert-OH is 1. The smallest absolute Gasteiger partial charge is 0.126 e. The van der Waals surface area contributed by atoms with Gasteiger partial charge in [-0.1, -0.05) is 22.0 Å². The van der Waals surface area contributed by atoms with Gasteiger partial charge in [0.25, 0.3) is 0 Å². The Morgan fingerprint density at radius 3 is 3.06 bits per heavy atom. The summed E-state index contributed by atoms with van der Waals surface area (Å²) in [6.45, 7) is 3.12. The van der Waals surface area contributed by atoms with Crippen LogP contribution < -0.4 is 4.74 Å². The Balaban J connectivity index is 2.04. The molecule has 0 radical (unpaired) electrons. The normalized spacial score (nSPS) is 21.5. The maximum atomic E-state index is 9.66. The zero-order valence-corrected chi connectivity index (χ0v) is 11.4. The maximum Gasteiger partial charge on any atom is 0.126 e. The van der Waals surface area contributed by atoms with E-state index in [0.717, 1.165) is 35.2 Å². The van der Waals surface area contributed by atoms with Gasteiger partial charge in [-0.05, 0) is 31.9 Å². The fourth-order valence-corrected chi connectivity index (χ4v) is 2.28. The molecule has 0 saturated carbocycles. The minimum atomic E-state index is -0.525. The monoisotopic (exact) mass is 300 g/mol. The second kappa shape index (κ2) is 5.85. The van der Waals surface area contributed by atoms with Crippen LogP contribution in [0.5, 0.6) is 5.75 Å². The van der Waals surface area contributed by atoms with Crippen LogP contribution in [0.1, 0.15) is 31.4 Å². The lowest BCUT2D eigenvalue weighted by atomic mass is 10.1. The van der Waals surface area contributed by atoms with Crippen molar-refractivity contribution in [1.29, 1.82) is 0 Å². The van der Waals surface area contributed by atoms with Gasteiger partial charge in [0, 0.05) is 16.6 Å². The Morgan fingerprint density at radius 2 is 2.41 bits per heavy atom. The molecule has 1 aliphatic rings. The molecule has 1 heterocycles. The van der Waals surface area contributed by atoms with Gasteiger partial charge in [0.1, 0.15) is 12.4 Å². The molecule has 3 nitrogen and oxygen atoms in total. The Morgan fingerprint density at radius 1 is 1.59 bits per heavy atom. The van der Waals surface area contributed by atoms with Crippen LogP contribution in [0.2, 0.25) is 0 Å². The summed E-state index contributed by atoms with van der Waals surface area (Å²) in [7, 11) is 0. The molecule has 1 unspecified atom stereocenters. The standard InChI is InChI=1S/C13H17BrO3/c1-9(15)12-5-4-10(14)7-13(12)17-8-11-3-2-6-16-11/h4-5,7,9,11,15H,2-3,6,8H2,1H3/t9-,11?/m0/s1. The van der Waals surface area contributed by atoms with Crippen molar-refractivity contribution in [2.45, 2.75) is 32.0 Å². The summed E-state index contributed by atoms with van der Waals surface area (Å²) >= 11 is 3.41. The fraction of sp³-hybridized carbons (Fsp3) is 0.538. The highest BCUT2D eigenvalue weighted by molar-refractivity contribution is 9.10. The molecule has 1 aliphatic heterocycles. The summed E-state index contributed by atoms with van der Waals surface area (Å²) in [5.74, 6) is 0.727. The zero-order valence-electron chi connectivity index (χ0n) is 9.86. The first-order chi connectivity index (χ1) is 8.16. The fourth-order valence-electron chi connectivity index (χ4n) is 1.94. The van der Waals surface area contributed by atoms with Gasteiger partial charge in [-0.2, -0.15) is 0 Å². The van der Waals surface area contributed by atoms with Crippen molar-refractivity contribution in [3.63, 3.8) is 0 Å². The molecule has 0 aliphatic carbocycles. The summed E-state index contributed by atoms with van der Waals surface area (Å²) < 4.78 is 12.2. The van der Waals surface area contributed by atoms with Crippen LogP contribution in [0.15, 0.2) is 22.7 Å². The van der Waals surface area contributed by atoms with E-state index in [1.807, 2.05) is 18.2 Å². The number of halogens is 1. The molecular formula is C13H17BrO3. The van der Waals surface area contributed by atoms with E-state index in [1.165, 1.54) is 0 Å². The van der Waals surface area contributed by atoms with Gasteiger partial charge in [0.15, 0.2) is 0 Å². The molecule has 2 atom stereocenters. The Kier molecular flexibility index (Phi) is 4.42. The average Bonchev–Trinajstić information content (AvgIpc) is 2.78. The van der Waals surface area contributed by atoms with Gasteiger partial charge in [-0.3, -0.25) is 0 Å². The van der Waals surface area contributed by atoms with Crippen molar-refractivity contribution in [3.8, 4) is 5.75 Å². The molecule has 1 saturated heterocycles. The van der Waals surface area contributed by atoms with Crippen LogP contribution >= 0.6 is 15.9 Å². The Labute approximate surface area is 110 Å². The number of hydrogen-bond acceptors (Lipinski definition) is 3. The summed E-state index contributed by atoms with van der Waals surface area (Å²) in [5.41, 5.74) is 0.811. The molecule has 0 aromatic heterocycles. The van der Waals surface area contributed by atoms with E-state index >= 15 is 0 Å². The van der Waals surface area contributed by atoms with Crippen LogP contribution in [0, 0.1) is 0 Å². The van der Waals surface area contributed by atoms with E-state index in [4.69, 9.17) is 9.47 Å². The molecule has 0 spiro atoms. The van der Waals surface area contributed by atoms with Crippen LogP contribution in [0.25, 0.3) is 0 Å². The summed E-state index contributed by atoms with van der Waals surface area (Å²) in [6, 6.07) is 5.66. The number of ether oxygens (including phenoxy) is 2. The third kappa shape index (κ3) is 3.44. The van der Waals surface area contributed by atoms with Crippen molar-refractivity contribution in [2.75, 3.05) is 13.2 Å². The van der Waals surface area contributed by atoms with Crippen LogP contribution in [-0.4, -0.2) is 24.4 Å². The quantitative estimate of drug-likeness (QED) is 0.929. The summed E-state index contributed by atoms with van der Waals surface area (Å²) in [4.78, 5) is 0. The first kappa shape index (κ1) is 12.9. The van der Waals surface area contributed by atoms with Crippen molar-refractivity contribution in [3.05, 3.63) is 28.2 Å². The molecular weight excluding hydrogens is 284 g/mol. The lowest BCUT2D eigenvalue weighted by molar-refractivity contribution is 0.0664. The summed E-state index contributed by atoms with van der Waals surface area (Å²) in [6.07, 6.45) is 1.83. The molecule has 0 amide bonds. The van der Waals surface area contributed by atoms with Gasteiger partial charge in [-0.25, -0.2) is 0 Å². The van der Waals surface area contributed by atoms with E-state index in [-0.39, 0.29) is 6.10 Å². The number of hydrogen-bond donors (Lipinski definition) is 1. The molecule has 1 aromatic rings. The number of rotatable bonds is 4. The van der Waals surface area contributed by atoms with Gasteiger partial charge in [-0.15, -0.1) is 0 Å². The lowest BCUT2D eigenvalue weighted by Crippen LogP contribution is -2.17. The first-order valence-electron chi connectivity index (χ1n) is 5.88. The van der Waals surface area contributed by atoms with Crippen LogP contribution in [-0.2, 0) is 4.74 Å². The Bertz CT molecular complexity index is 373. The van der Waals surface area contributed by atoms with Crippen molar-refractivity contribution in [2.24, 2.45) is 0 Å². The van der Waals surface area contributed by atoms with E-state index in [0.29, 0.717) is 6.61 Å². The predicted octanol–water partition coefficient (Wildman–Crippen LogP) is 3.06. The third-order valence-electron chi connectivity index (χ3n) is 2.87. The first-order valence-corrected chi connectivity index (χ1v) is 6.68. The highest BCUT2D eigenvalue weighted by Crippen LogP contribution is 2.29. The molecule has 1 N–H and O–H groups in total. The van der Waals surface area contributed by atoms with Crippen molar-refractivity contribution < 1.29 is 14.6 Å². The van der Waals surface area contributed by atoms with E-state index in [2.05, 4.69) is 15.9 Å². The minimum absolute atomic E-state index is 0.191. The molecule has 2 rings (SSSR count). The summed E-state index contributed by atoms with van der Waals surface area (Å²) in [5, 5.41) is 9.66. The largest absolute Gasteiger partial charge is 0.490 e. The van der Waals surface area contributed by atoms with Gasteiger partial charge in [0.2, 0.25) is 0 Å². The van der Waals surface area contributed by atoms with Gasteiger partial charge < -0.3 is 14.6 Å². The van der Waals surface area contributed by atoms with E-state index < -0.39 is 6.10 Å². The van der Waals surface area contributed by atoms with Crippen molar-refractivity contribution in [1.82, 2.24) is 0 Å². The predicted molar refractivity (Wildman–Crippen MR) is 69.2 cm³/mol.